The predicted molar refractivity (Wildman–Crippen MR) is 80.6 cm³/mol. The highest BCUT2D eigenvalue weighted by Gasteiger charge is 2.60. The molecule has 2 nitrogen and oxygen atoms in total. The molecule has 4 bridgehead atoms. The molecule has 20 heavy (non-hydrogen) atoms. The molecule has 0 aromatic carbocycles. The second-order valence-electron chi connectivity index (χ2n) is 8.94. The first kappa shape index (κ1) is 14.6. The molecule has 4 aliphatic carbocycles. The van der Waals surface area contributed by atoms with Gasteiger partial charge in [-0.1, -0.05) is 13.8 Å². The van der Waals surface area contributed by atoms with Crippen molar-refractivity contribution in [1.82, 2.24) is 0 Å². The summed E-state index contributed by atoms with van der Waals surface area (Å²) < 4.78 is 5.07. The van der Waals surface area contributed by atoms with Crippen LogP contribution in [0.5, 0.6) is 0 Å². The van der Waals surface area contributed by atoms with Crippen LogP contribution in [0.4, 0.5) is 0 Å². The zero-order valence-electron chi connectivity index (χ0n) is 13.5. The van der Waals surface area contributed by atoms with E-state index in [9.17, 15) is 4.79 Å². The Labute approximate surface area is 123 Å². The number of hydrogen-bond acceptors (Lipinski definition) is 2. The monoisotopic (exact) mass is 278 g/mol. The molecule has 0 amide bonds. The minimum absolute atomic E-state index is 0.354. The van der Waals surface area contributed by atoms with Gasteiger partial charge in [-0.25, -0.2) is 0 Å². The van der Waals surface area contributed by atoms with Gasteiger partial charge in [-0.2, -0.15) is 0 Å². The van der Waals surface area contributed by atoms with Crippen LogP contribution in [-0.4, -0.2) is 19.5 Å². The first-order valence-electron chi connectivity index (χ1n) is 8.37. The van der Waals surface area contributed by atoms with Crippen molar-refractivity contribution < 1.29 is 9.53 Å². The van der Waals surface area contributed by atoms with Crippen molar-refractivity contribution in [2.75, 3.05) is 13.7 Å². The van der Waals surface area contributed by atoms with Gasteiger partial charge in [0.2, 0.25) is 0 Å². The zero-order chi connectivity index (χ0) is 14.4. The van der Waals surface area contributed by atoms with Crippen LogP contribution in [0.1, 0.15) is 71.6 Å². The quantitative estimate of drug-likeness (QED) is 0.674. The fraction of sp³-hybridized carbons (Fsp3) is 0.944. The fourth-order valence-electron chi connectivity index (χ4n) is 6.80. The topological polar surface area (TPSA) is 26.3 Å². The minimum Gasteiger partial charge on any atom is -0.385 e. The summed E-state index contributed by atoms with van der Waals surface area (Å²) in [6.45, 7) is 5.69. The van der Waals surface area contributed by atoms with E-state index >= 15 is 0 Å². The SMILES string of the molecule is COCCCC(=O)CC12CC3CC(C)(CC(C)(C3)C1)C2. The summed E-state index contributed by atoms with van der Waals surface area (Å²) >= 11 is 0. The first-order valence-corrected chi connectivity index (χ1v) is 8.37. The Hall–Kier alpha value is -0.370. The second-order valence-corrected chi connectivity index (χ2v) is 8.94. The Bertz CT molecular complexity index is 382. The van der Waals surface area contributed by atoms with E-state index in [1.165, 1.54) is 38.5 Å². The van der Waals surface area contributed by atoms with Crippen molar-refractivity contribution in [2.24, 2.45) is 22.2 Å². The molecular formula is C18H30O2. The fourth-order valence-corrected chi connectivity index (χ4v) is 6.80. The van der Waals surface area contributed by atoms with Crippen LogP contribution in [-0.2, 0) is 9.53 Å². The van der Waals surface area contributed by atoms with Crippen molar-refractivity contribution in [1.29, 1.82) is 0 Å². The van der Waals surface area contributed by atoms with Gasteiger partial charge in [-0.05, 0) is 67.1 Å². The highest BCUT2D eigenvalue weighted by atomic mass is 16.5. The lowest BCUT2D eigenvalue weighted by molar-refractivity contribution is -0.155. The summed E-state index contributed by atoms with van der Waals surface area (Å²) in [5.41, 5.74) is 1.41. The maximum Gasteiger partial charge on any atom is 0.133 e. The van der Waals surface area contributed by atoms with E-state index in [0.717, 1.165) is 25.4 Å². The van der Waals surface area contributed by atoms with Gasteiger partial charge in [0, 0.05) is 26.6 Å². The van der Waals surface area contributed by atoms with Crippen molar-refractivity contribution in [3.05, 3.63) is 0 Å². The summed E-state index contributed by atoms with van der Waals surface area (Å²) in [4.78, 5) is 12.4. The second kappa shape index (κ2) is 4.83. The Morgan fingerprint density at radius 3 is 2.30 bits per heavy atom. The summed E-state index contributed by atoms with van der Waals surface area (Å²) in [5, 5.41) is 0. The molecule has 0 heterocycles. The molecule has 2 heteroatoms. The summed E-state index contributed by atoms with van der Waals surface area (Å²) in [6, 6.07) is 0. The van der Waals surface area contributed by atoms with Crippen molar-refractivity contribution in [3.63, 3.8) is 0 Å². The van der Waals surface area contributed by atoms with E-state index in [4.69, 9.17) is 4.74 Å². The van der Waals surface area contributed by atoms with Crippen molar-refractivity contribution in [2.45, 2.75) is 71.6 Å². The molecule has 2 atom stereocenters. The van der Waals surface area contributed by atoms with Crippen LogP contribution < -0.4 is 0 Å². The lowest BCUT2D eigenvalue weighted by Crippen LogP contribution is -2.55. The molecule has 2 unspecified atom stereocenters. The molecule has 0 N–H and O–H groups in total. The maximum atomic E-state index is 12.4. The van der Waals surface area contributed by atoms with E-state index in [0.29, 0.717) is 28.4 Å². The minimum atomic E-state index is 0.354. The number of ketones is 1. The Balaban J connectivity index is 1.68. The standard InChI is InChI=1S/C18H30O2/c1-16-7-14-8-17(2,11-16)13-18(9-14,12-16)10-15(19)5-4-6-20-3/h14H,4-13H2,1-3H3. The van der Waals surface area contributed by atoms with Crippen LogP contribution in [0.25, 0.3) is 0 Å². The molecule has 4 fully saturated rings. The number of Topliss-reactive ketones (excluding diaryl/α,β-unsaturated/α-hetero) is 1. The van der Waals surface area contributed by atoms with Gasteiger partial charge in [0.15, 0.2) is 0 Å². The number of hydrogen-bond donors (Lipinski definition) is 0. The molecule has 4 rings (SSSR count). The van der Waals surface area contributed by atoms with Crippen LogP contribution in [0.3, 0.4) is 0 Å². The maximum absolute atomic E-state index is 12.4. The summed E-state index contributed by atoms with van der Waals surface area (Å²) in [7, 11) is 1.71. The van der Waals surface area contributed by atoms with Gasteiger partial charge in [0.25, 0.3) is 0 Å². The highest BCUT2D eigenvalue weighted by Crippen LogP contribution is 2.70. The van der Waals surface area contributed by atoms with Gasteiger partial charge < -0.3 is 4.74 Å². The predicted octanol–water partition coefficient (Wildman–Crippen LogP) is 4.37. The lowest BCUT2D eigenvalue weighted by Gasteiger charge is -2.65. The Kier molecular flexibility index (Phi) is 3.52. The molecule has 4 aliphatic rings. The van der Waals surface area contributed by atoms with E-state index in [1.807, 2.05) is 0 Å². The number of carbonyl (C=O) groups excluding carboxylic acids is 1. The molecular weight excluding hydrogens is 248 g/mol. The van der Waals surface area contributed by atoms with Crippen LogP contribution in [0.2, 0.25) is 0 Å². The summed E-state index contributed by atoms with van der Waals surface area (Å²) in [6.07, 6.45) is 10.6. The van der Waals surface area contributed by atoms with Gasteiger partial charge in [0.05, 0.1) is 0 Å². The largest absolute Gasteiger partial charge is 0.385 e. The normalized spacial score (nSPS) is 45.9. The van der Waals surface area contributed by atoms with Crippen molar-refractivity contribution >= 4 is 5.78 Å². The molecule has 0 aromatic heterocycles. The third-order valence-electron chi connectivity index (χ3n) is 6.12. The van der Waals surface area contributed by atoms with Crippen LogP contribution in [0, 0.1) is 22.2 Å². The summed E-state index contributed by atoms with van der Waals surface area (Å²) in [5.74, 6) is 1.38. The first-order chi connectivity index (χ1) is 9.36. The molecule has 114 valence electrons. The number of rotatable bonds is 6. The van der Waals surface area contributed by atoms with E-state index in [2.05, 4.69) is 13.8 Å². The van der Waals surface area contributed by atoms with Crippen LogP contribution in [0.15, 0.2) is 0 Å². The molecule has 0 aromatic rings. The third kappa shape index (κ3) is 2.68. The van der Waals surface area contributed by atoms with Crippen molar-refractivity contribution in [3.8, 4) is 0 Å². The third-order valence-corrected chi connectivity index (χ3v) is 6.12. The van der Waals surface area contributed by atoms with E-state index in [-0.39, 0.29) is 0 Å². The Morgan fingerprint density at radius 1 is 1.10 bits per heavy atom. The molecule has 4 saturated carbocycles. The molecule has 0 aliphatic heterocycles. The number of ether oxygens (including phenoxy) is 1. The van der Waals surface area contributed by atoms with Gasteiger partial charge >= 0.3 is 0 Å². The van der Waals surface area contributed by atoms with Crippen LogP contribution >= 0.6 is 0 Å². The zero-order valence-corrected chi connectivity index (χ0v) is 13.5. The lowest BCUT2D eigenvalue weighted by atomic mass is 9.39. The molecule has 0 radical (unpaired) electrons. The van der Waals surface area contributed by atoms with Gasteiger partial charge in [-0.3, -0.25) is 4.79 Å². The number of methoxy groups -OCH3 is 1. The van der Waals surface area contributed by atoms with Gasteiger partial charge in [0.1, 0.15) is 5.78 Å². The number of carbonyl (C=O) groups is 1. The Morgan fingerprint density at radius 2 is 1.75 bits per heavy atom. The van der Waals surface area contributed by atoms with E-state index in [1.54, 1.807) is 7.11 Å². The van der Waals surface area contributed by atoms with E-state index < -0.39 is 0 Å². The smallest absolute Gasteiger partial charge is 0.133 e. The molecule has 0 saturated heterocycles. The average Bonchev–Trinajstić information content (AvgIpc) is 2.22. The van der Waals surface area contributed by atoms with Gasteiger partial charge in [-0.15, -0.1) is 0 Å². The highest BCUT2D eigenvalue weighted by molar-refractivity contribution is 5.79. The molecule has 0 spiro atoms. The average molecular weight is 278 g/mol.